The number of aromatic nitrogens is 1. The molecule has 0 amide bonds. The molecule has 0 saturated carbocycles. The lowest BCUT2D eigenvalue weighted by Crippen LogP contribution is -2.12. The number of esters is 1. The van der Waals surface area contributed by atoms with E-state index in [0.717, 1.165) is 48.3 Å². The van der Waals surface area contributed by atoms with Crippen LogP contribution < -0.4 is 0 Å². The number of ether oxygens (including phenoxy) is 1. The van der Waals surface area contributed by atoms with Crippen molar-refractivity contribution in [3.63, 3.8) is 0 Å². The molecule has 3 nitrogen and oxygen atoms in total. The second kappa shape index (κ2) is 6.56. The molecular weight excluding hydrogens is 336 g/mol. The van der Waals surface area contributed by atoms with Crippen molar-refractivity contribution in [2.45, 2.75) is 32.2 Å². The predicted octanol–water partition coefficient (Wildman–Crippen LogP) is 4.63. The van der Waals surface area contributed by atoms with Crippen molar-refractivity contribution >= 4 is 16.9 Å². The Kier molecular flexibility index (Phi) is 4.23. The molecule has 26 heavy (non-hydrogen) atoms. The molecule has 5 heteroatoms. The Bertz CT molecular complexity index is 1010. The largest absolute Gasteiger partial charge is 0.465 e. The fourth-order valence-electron chi connectivity index (χ4n) is 3.98. The number of aryl methyl sites for hydroxylation is 1. The number of methoxy groups -OCH3 is 1. The molecule has 1 aliphatic carbocycles. The molecule has 4 rings (SSSR count). The standard InChI is InChI=1S/C21H19F2NO2/c1-26-21(25)16-9-5-8-15-14-7-2-3-11-18(14)24(20(15)16)12-13-6-4-10-17(22)19(13)23/h4-6,8-10H,2-3,7,11-12H2,1H3. The van der Waals surface area contributed by atoms with Crippen LogP contribution in [0.1, 0.15) is 40.0 Å². The summed E-state index contributed by atoms with van der Waals surface area (Å²) in [5, 5.41) is 0.999. The van der Waals surface area contributed by atoms with Gasteiger partial charge in [0.2, 0.25) is 0 Å². The first-order valence-corrected chi connectivity index (χ1v) is 8.76. The number of rotatable bonds is 3. The molecule has 0 saturated heterocycles. The van der Waals surface area contributed by atoms with Crippen molar-refractivity contribution in [1.82, 2.24) is 4.57 Å². The number of hydrogen-bond donors (Lipinski definition) is 0. The minimum Gasteiger partial charge on any atom is -0.465 e. The van der Waals surface area contributed by atoms with Gasteiger partial charge in [0.05, 0.1) is 24.7 Å². The number of carbonyl (C=O) groups is 1. The van der Waals surface area contributed by atoms with Crippen LogP contribution in [-0.4, -0.2) is 17.6 Å². The van der Waals surface area contributed by atoms with Gasteiger partial charge in [0, 0.05) is 16.6 Å². The molecule has 134 valence electrons. The van der Waals surface area contributed by atoms with Crippen molar-refractivity contribution in [2.75, 3.05) is 7.11 Å². The molecule has 0 aliphatic heterocycles. The topological polar surface area (TPSA) is 31.2 Å². The second-order valence-corrected chi connectivity index (χ2v) is 6.62. The molecule has 1 heterocycles. The first kappa shape index (κ1) is 16.8. The first-order valence-electron chi connectivity index (χ1n) is 8.76. The highest BCUT2D eigenvalue weighted by Gasteiger charge is 2.24. The summed E-state index contributed by atoms with van der Waals surface area (Å²) in [5.41, 5.74) is 3.78. The smallest absolute Gasteiger partial charge is 0.340 e. The van der Waals surface area contributed by atoms with Gasteiger partial charge in [0.25, 0.3) is 0 Å². The maximum Gasteiger partial charge on any atom is 0.340 e. The lowest BCUT2D eigenvalue weighted by Gasteiger charge is -2.17. The van der Waals surface area contributed by atoms with Gasteiger partial charge in [-0.3, -0.25) is 0 Å². The fraction of sp³-hybridized carbons (Fsp3) is 0.286. The summed E-state index contributed by atoms with van der Waals surface area (Å²) in [6, 6.07) is 9.76. The molecule has 0 N–H and O–H groups in total. The maximum absolute atomic E-state index is 14.3. The van der Waals surface area contributed by atoms with Crippen LogP contribution in [-0.2, 0) is 24.1 Å². The predicted molar refractivity (Wildman–Crippen MR) is 95.4 cm³/mol. The minimum absolute atomic E-state index is 0.184. The monoisotopic (exact) mass is 355 g/mol. The number of nitrogens with zero attached hydrogens (tertiary/aromatic N) is 1. The Labute approximate surface area is 150 Å². The van der Waals surface area contributed by atoms with Crippen molar-refractivity contribution in [1.29, 1.82) is 0 Å². The van der Waals surface area contributed by atoms with Gasteiger partial charge in [-0.25, -0.2) is 13.6 Å². The van der Waals surface area contributed by atoms with Gasteiger partial charge in [-0.15, -0.1) is 0 Å². The van der Waals surface area contributed by atoms with Crippen LogP contribution >= 0.6 is 0 Å². The fourth-order valence-corrected chi connectivity index (χ4v) is 3.98. The normalized spacial score (nSPS) is 13.7. The SMILES string of the molecule is COC(=O)c1cccc2c3c(n(Cc4cccc(F)c4F)c12)CCCC3. The van der Waals surface area contributed by atoms with E-state index < -0.39 is 17.6 Å². The van der Waals surface area contributed by atoms with E-state index in [-0.39, 0.29) is 12.1 Å². The van der Waals surface area contributed by atoms with Gasteiger partial charge in [-0.1, -0.05) is 24.3 Å². The Morgan fingerprint density at radius 3 is 2.69 bits per heavy atom. The summed E-state index contributed by atoms with van der Waals surface area (Å²) in [4.78, 5) is 12.3. The van der Waals surface area contributed by atoms with Crippen molar-refractivity contribution < 1.29 is 18.3 Å². The van der Waals surface area contributed by atoms with Gasteiger partial charge in [0.1, 0.15) is 0 Å². The third-order valence-corrected chi connectivity index (χ3v) is 5.16. The highest BCUT2D eigenvalue weighted by Crippen LogP contribution is 2.35. The summed E-state index contributed by atoms with van der Waals surface area (Å²) in [6.07, 6.45) is 3.92. The molecule has 0 radical (unpaired) electrons. The Balaban J connectivity index is 1.97. The van der Waals surface area contributed by atoms with E-state index in [1.807, 2.05) is 16.7 Å². The van der Waals surface area contributed by atoms with Crippen LogP contribution in [0.2, 0.25) is 0 Å². The van der Waals surface area contributed by atoms with Crippen LogP contribution in [0.25, 0.3) is 10.9 Å². The van der Waals surface area contributed by atoms with E-state index in [1.54, 1.807) is 12.1 Å². The van der Waals surface area contributed by atoms with Crippen LogP contribution in [0, 0.1) is 11.6 Å². The highest BCUT2D eigenvalue weighted by molar-refractivity contribution is 6.04. The maximum atomic E-state index is 14.3. The zero-order valence-corrected chi connectivity index (χ0v) is 14.5. The number of fused-ring (bicyclic) bond motifs is 3. The zero-order valence-electron chi connectivity index (χ0n) is 14.5. The minimum atomic E-state index is -0.860. The Hall–Kier alpha value is -2.69. The van der Waals surface area contributed by atoms with E-state index in [0.29, 0.717) is 5.56 Å². The van der Waals surface area contributed by atoms with Crippen molar-refractivity contribution in [3.05, 3.63) is 70.4 Å². The highest BCUT2D eigenvalue weighted by atomic mass is 19.2. The van der Waals surface area contributed by atoms with Crippen molar-refractivity contribution in [2.24, 2.45) is 0 Å². The second-order valence-electron chi connectivity index (χ2n) is 6.62. The number of halogens is 2. The van der Waals surface area contributed by atoms with Gasteiger partial charge in [-0.2, -0.15) is 0 Å². The van der Waals surface area contributed by atoms with Crippen LogP contribution in [0.5, 0.6) is 0 Å². The average Bonchev–Trinajstić information content (AvgIpc) is 2.99. The first-order chi connectivity index (χ1) is 12.6. The number of carbonyl (C=O) groups excluding carboxylic acids is 1. The molecule has 0 unspecified atom stereocenters. The zero-order chi connectivity index (χ0) is 18.3. The Morgan fingerprint density at radius 2 is 1.88 bits per heavy atom. The van der Waals surface area contributed by atoms with E-state index in [9.17, 15) is 13.6 Å². The molecular formula is C21H19F2NO2. The molecule has 0 bridgehead atoms. The lowest BCUT2D eigenvalue weighted by atomic mass is 9.95. The number of para-hydroxylation sites is 1. The van der Waals surface area contributed by atoms with Crippen LogP contribution in [0.15, 0.2) is 36.4 Å². The number of hydrogen-bond acceptors (Lipinski definition) is 2. The summed E-state index contributed by atoms with van der Waals surface area (Å²) < 4.78 is 34.8. The molecule has 1 aliphatic rings. The van der Waals surface area contributed by atoms with E-state index in [1.165, 1.54) is 18.7 Å². The van der Waals surface area contributed by atoms with E-state index in [4.69, 9.17) is 4.74 Å². The van der Waals surface area contributed by atoms with Gasteiger partial charge >= 0.3 is 5.97 Å². The van der Waals surface area contributed by atoms with Crippen LogP contribution in [0.3, 0.4) is 0 Å². The van der Waals surface area contributed by atoms with Gasteiger partial charge < -0.3 is 9.30 Å². The third kappa shape index (κ3) is 2.59. The summed E-state index contributed by atoms with van der Waals surface area (Å²) in [5.74, 6) is -2.12. The van der Waals surface area contributed by atoms with E-state index >= 15 is 0 Å². The molecule has 2 aromatic carbocycles. The lowest BCUT2D eigenvalue weighted by molar-refractivity contribution is 0.0602. The summed E-state index contributed by atoms with van der Waals surface area (Å²) in [7, 11) is 1.35. The molecule has 1 aromatic heterocycles. The molecule has 0 fully saturated rings. The summed E-state index contributed by atoms with van der Waals surface area (Å²) >= 11 is 0. The van der Waals surface area contributed by atoms with Gasteiger partial charge in [0.15, 0.2) is 11.6 Å². The van der Waals surface area contributed by atoms with E-state index in [2.05, 4.69) is 0 Å². The number of benzene rings is 2. The van der Waals surface area contributed by atoms with Crippen LogP contribution in [0.4, 0.5) is 8.78 Å². The average molecular weight is 355 g/mol. The molecule has 0 spiro atoms. The summed E-state index contributed by atoms with van der Waals surface area (Å²) in [6.45, 7) is 0.184. The van der Waals surface area contributed by atoms with Gasteiger partial charge in [-0.05, 0) is 43.4 Å². The van der Waals surface area contributed by atoms with Crippen molar-refractivity contribution in [3.8, 4) is 0 Å². The molecule has 0 atom stereocenters. The molecule has 3 aromatic rings. The quantitative estimate of drug-likeness (QED) is 0.641. The third-order valence-electron chi connectivity index (χ3n) is 5.16. The Morgan fingerprint density at radius 1 is 1.12 bits per heavy atom.